The van der Waals surface area contributed by atoms with Gasteiger partial charge in [0.05, 0.1) is 0 Å². The lowest BCUT2D eigenvalue weighted by Crippen LogP contribution is -2.16. The Bertz CT molecular complexity index is 352. The molecular weight excluding hydrogens is 220 g/mol. The first kappa shape index (κ1) is 11.8. The third-order valence-electron chi connectivity index (χ3n) is 2.71. The minimum absolute atomic E-state index is 0.290. The van der Waals surface area contributed by atoms with Crippen molar-refractivity contribution in [1.82, 2.24) is 0 Å². The zero-order valence-electron chi connectivity index (χ0n) is 9.61. The van der Waals surface area contributed by atoms with Gasteiger partial charge in [-0.2, -0.15) is 11.8 Å². The number of aryl methyl sites for hydroxylation is 1. The molecule has 0 aliphatic carbocycles. The second-order valence-corrected chi connectivity index (χ2v) is 5.36. The van der Waals surface area contributed by atoms with Crippen LogP contribution in [0.4, 0.5) is 0 Å². The van der Waals surface area contributed by atoms with E-state index < -0.39 is 0 Å². The van der Waals surface area contributed by atoms with Gasteiger partial charge in [-0.3, -0.25) is 0 Å². The van der Waals surface area contributed by atoms with Gasteiger partial charge in [-0.05, 0) is 30.7 Å². The van der Waals surface area contributed by atoms with E-state index in [1.807, 2.05) is 11.8 Å². The van der Waals surface area contributed by atoms with E-state index >= 15 is 0 Å². The van der Waals surface area contributed by atoms with Crippen molar-refractivity contribution in [2.75, 3.05) is 18.1 Å². The molecule has 0 spiro atoms. The average Bonchev–Trinajstić information content (AvgIpc) is 2.66. The van der Waals surface area contributed by atoms with Crippen molar-refractivity contribution in [2.45, 2.75) is 25.9 Å². The molecule has 0 saturated heterocycles. The Morgan fingerprint density at radius 1 is 1.50 bits per heavy atom. The van der Waals surface area contributed by atoms with Crippen molar-refractivity contribution in [3.05, 3.63) is 29.3 Å². The first-order valence-electron chi connectivity index (χ1n) is 5.74. The number of thioether (sulfide) groups is 1. The Labute approximate surface area is 101 Å². The summed E-state index contributed by atoms with van der Waals surface area (Å²) in [6.45, 7) is 2.40. The van der Waals surface area contributed by atoms with E-state index in [9.17, 15) is 0 Å². The lowest BCUT2D eigenvalue weighted by atomic mass is 10.1. The zero-order valence-corrected chi connectivity index (χ0v) is 10.4. The summed E-state index contributed by atoms with van der Waals surface area (Å²) in [5, 5.41) is 8.69. The minimum atomic E-state index is 0.290. The first-order valence-corrected chi connectivity index (χ1v) is 6.90. The Hall–Kier alpha value is -0.670. The van der Waals surface area contributed by atoms with Crippen molar-refractivity contribution >= 4 is 11.8 Å². The number of fused-ring (bicyclic) bond motifs is 1. The highest BCUT2D eigenvalue weighted by molar-refractivity contribution is 7.99. The van der Waals surface area contributed by atoms with Crippen LogP contribution in [0, 0.1) is 6.92 Å². The fraction of sp³-hybridized carbons (Fsp3) is 0.538. The Morgan fingerprint density at radius 3 is 3.19 bits per heavy atom. The number of aliphatic hydroxyl groups is 1. The normalized spacial score (nSPS) is 18.2. The van der Waals surface area contributed by atoms with Gasteiger partial charge in [0.2, 0.25) is 0 Å². The highest BCUT2D eigenvalue weighted by Gasteiger charge is 2.22. The van der Waals surface area contributed by atoms with Crippen LogP contribution in [0.5, 0.6) is 5.75 Å². The van der Waals surface area contributed by atoms with Crippen LogP contribution in [0.25, 0.3) is 0 Å². The van der Waals surface area contributed by atoms with Crippen molar-refractivity contribution in [3.63, 3.8) is 0 Å². The summed E-state index contributed by atoms with van der Waals surface area (Å²) in [5.74, 6) is 3.10. The molecule has 16 heavy (non-hydrogen) atoms. The van der Waals surface area contributed by atoms with E-state index in [1.54, 1.807) is 0 Å². The largest absolute Gasteiger partial charge is 0.489 e. The van der Waals surface area contributed by atoms with E-state index in [0.29, 0.717) is 6.10 Å². The fourth-order valence-electron chi connectivity index (χ4n) is 1.92. The van der Waals surface area contributed by atoms with Crippen LogP contribution in [0.2, 0.25) is 0 Å². The summed E-state index contributed by atoms with van der Waals surface area (Å²) in [4.78, 5) is 0. The first-order chi connectivity index (χ1) is 7.79. The molecule has 1 heterocycles. The summed E-state index contributed by atoms with van der Waals surface area (Å²) in [6.07, 6.45) is 2.23. The molecule has 88 valence electrons. The zero-order chi connectivity index (χ0) is 11.4. The summed E-state index contributed by atoms with van der Waals surface area (Å²) in [5.41, 5.74) is 2.64. The second-order valence-electron chi connectivity index (χ2n) is 4.21. The molecule has 1 aliphatic heterocycles. The molecule has 1 N–H and O–H groups in total. The van der Waals surface area contributed by atoms with Crippen molar-refractivity contribution in [1.29, 1.82) is 0 Å². The predicted molar refractivity (Wildman–Crippen MR) is 68.3 cm³/mol. The van der Waals surface area contributed by atoms with E-state index in [4.69, 9.17) is 9.84 Å². The van der Waals surface area contributed by atoms with Crippen LogP contribution < -0.4 is 4.74 Å². The maximum atomic E-state index is 8.69. The van der Waals surface area contributed by atoms with Crippen LogP contribution in [-0.4, -0.2) is 29.3 Å². The summed E-state index contributed by atoms with van der Waals surface area (Å²) in [7, 11) is 0. The topological polar surface area (TPSA) is 29.5 Å². The van der Waals surface area contributed by atoms with Gasteiger partial charge in [0.25, 0.3) is 0 Å². The second kappa shape index (κ2) is 5.60. The van der Waals surface area contributed by atoms with Gasteiger partial charge in [0.15, 0.2) is 0 Å². The van der Waals surface area contributed by atoms with Crippen molar-refractivity contribution < 1.29 is 9.84 Å². The molecule has 0 saturated carbocycles. The highest BCUT2D eigenvalue weighted by atomic mass is 32.2. The molecule has 1 aromatic rings. The van der Waals surface area contributed by atoms with Crippen LogP contribution in [0.15, 0.2) is 18.2 Å². The molecule has 3 heteroatoms. The number of benzene rings is 1. The number of hydrogen-bond acceptors (Lipinski definition) is 3. The predicted octanol–water partition coefficient (Wildman–Crippen LogP) is 2.41. The number of rotatable bonds is 5. The Balaban J connectivity index is 1.81. The van der Waals surface area contributed by atoms with E-state index in [-0.39, 0.29) is 6.61 Å². The number of ether oxygens (including phenoxy) is 1. The summed E-state index contributed by atoms with van der Waals surface area (Å²) < 4.78 is 5.86. The Morgan fingerprint density at radius 2 is 2.38 bits per heavy atom. The lowest BCUT2D eigenvalue weighted by molar-refractivity contribution is 0.259. The molecule has 0 aromatic heterocycles. The van der Waals surface area contributed by atoms with E-state index in [1.165, 1.54) is 11.1 Å². The number of aliphatic hydroxyl groups excluding tert-OH is 1. The molecule has 1 aliphatic rings. The van der Waals surface area contributed by atoms with E-state index in [2.05, 4.69) is 25.1 Å². The van der Waals surface area contributed by atoms with Gasteiger partial charge < -0.3 is 9.84 Å². The maximum Gasteiger partial charge on any atom is 0.123 e. The van der Waals surface area contributed by atoms with Gasteiger partial charge in [0, 0.05) is 18.8 Å². The average molecular weight is 238 g/mol. The smallest absolute Gasteiger partial charge is 0.123 e. The van der Waals surface area contributed by atoms with Crippen molar-refractivity contribution in [3.8, 4) is 5.75 Å². The molecule has 0 bridgehead atoms. The van der Waals surface area contributed by atoms with Gasteiger partial charge >= 0.3 is 0 Å². The molecule has 1 unspecified atom stereocenters. The molecule has 0 amide bonds. The molecule has 0 radical (unpaired) electrons. The van der Waals surface area contributed by atoms with Crippen LogP contribution in [0.1, 0.15) is 17.5 Å². The van der Waals surface area contributed by atoms with Crippen LogP contribution >= 0.6 is 11.8 Å². The third-order valence-corrected chi connectivity index (χ3v) is 3.89. The minimum Gasteiger partial charge on any atom is -0.489 e. The van der Waals surface area contributed by atoms with Gasteiger partial charge in [-0.15, -0.1) is 0 Å². The summed E-state index contributed by atoms with van der Waals surface area (Å²) in [6, 6.07) is 6.39. The van der Waals surface area contributed by atoms with Gasteiger partial charge in [-0.25, -0.2) is 0 Å². The molecule has 2 nitrogen and oxygen atoms in total. The van der Waals surface area contributed by atoms with Crippen LogP contribution in [0.3, 0.4) is 0 Å². The fourth-order valence-corrected chi connectivity index (χ4v) is 2.87. The van der Waals surface area contributed by atoms with Gasteiger partial charge in [0.1, 0.15) is 11.9 Å². The number of hydrogen-bond donors (Lipinski definition) is 1. The third kappa shape index (κ3) is 2.92. The molecule has 2 rings (SSSR count). The Kier molecular flexibility index (Phi) is 4.13. The molecule has 1 atom stereocenters. The monoisotopic (exact) mass is 238 g/mol. The SMILES string of the molecule is Cc1ccc2c(c1)CC(CSCCCO)O2. The summed E-state index contributed by atoms with van der Waals surface area (Å²) >= 11 is 1.86. The lowest BCUT2D eigenvalue weighted by Gasteiger charge is -2.09. The maximum absolute atomic E-state index is 8.69. The quantitative estimate of drug-likeness (QED) is 0.799. The molecule has 0 fully saturated rings. The highest BCUT2D eigenvalue weighted by Crippen LogP contribution is 2.30. The van der Waals surface area contributed by atoms with Crippen LogP contribution in [-0.2, 0) is 6.42 Å². The van der Waals surface area contributed by atoms with E-state index in [0.717, 1.165) is 30.1 Å². The molecule has 1 aromatic carbocycles. The van der Waals surface area contributed by atoms with Crippen molar-refractivity contribution in [2.24, 2.45) is 0 Å². The van der Waals surface area contributed by atoms with Gasteiger partial charge in [-0.1, -0.05) is 17.7 Å². The standard InChI is InChI=1S/C13H18O2S/c1-10-3-4-13-11(7-10)8-12(15-13)9-16-6-2-5-14/h3-4,7,12,14H,2,5-6,8-9H2,1H3. The molecular formula is C13H18O2S.